The van der Waals surface area contributed by atoms with E-state index in [-0.39, 0.29) is 5.76 Å². The molecule has 2 aromatic rings. The number of thiophene rings is 1. The van der Waals surface area contributed by atoms with E-state index in [1.807, 2.05) is 23.4 Å². The SMILES string of the molecule is CN(Cc1ccsc1)c1ccc(C(=O)O)o1. The largest absolute Gasteiger partial charge is 0.475 e. The van der Waals surface area contributed by atoms with Crippen molar-refractivity contribution in [2.75, 3.05) is 11.9 Å². The van der Waals surface area contributed by atoms with Crippen LogP contribution >= 0.6 is 11.3 Å². The first-order valence-corrected chi connectivity index (χ1v) is 5.66. The third-order valence-corrected chi connectivity index (χ3v) is 2.91. The van der Waals surface area contributed by atoms with Crippen molar-refractivity contribution in [3.63, 3.8) is 0 Å². The predicted octanol–water partition coefficient (Wildman–Crippen LogP) is 2.68. The van der Waals surface area contributed by atoms with E-state index in [1.165, 1.54) is 11.6 Å². The summed E-state index contributed by atoms with van der Waals surface area (Å²) in [4.78, 5) is 12.5. The van der Waals surface area contributed by atoms with Crippen LogP contribution in [-0.4, -0.2) is 18.1 Å². The van der Waals surface area contributed by atoms with Gasteiger partial charge in [0.25, 0.3) is 0 Å². The normalized spacial score (nSPS) is 10.3. The minimum Gasteiger partial charge on any atom is -0.475 e. The Labute approximate surface area is 96.7 Å². The Morgan fingerprint density at radius 1 is 1.50 bits per heavy atom. The summed E-state index contributed by atoms with van der Waals surface area (Å²) in [6, 6.07) is 5.15. The van der Waals surface area contributed by atoms with Gasteiger partial charge in [0.15, 0.2) is 5.88 Å². The van der Waals surface area contributed by atoms with E-state index in [9.17, 15) is 4.79 Å². The lowest BCUT2D eigenvalue weighted by Gasteiger charge is -2.14. The summed E-state index contributed by atoms with van der Waals surface area (Å²) in [5.74, 6) is -0.522. The van der Waals surface area contributed by atoms with Gasteiger partial charge in [0.05, 0.1) is 0 Å². The second-order valence-corrected chi connectivity index (χ2v) is 4.21. The highest BCUT2D eigenvalue weighted by atomic mass is 32.1. The quantitative estimate of drug-likeness (QED) is 0.888. The molecule has 0 radical (unpaired) electrons. The van der Waals surface area contributed by atoms with Gasteiger partial charge < -0.3 is 14.4 Å². The standard InChI is InChI=1S/C11H11NO3S/c1-12(6-8-4-5-16-7-8)10-3-2-9(15-10)11(13)14/h2-5,7H,6H2,1H3,(H,13,14). The van der Waals surface area contributed by atoms with Gasteiger partial charge in [0.1, 0.15) is 0 Å². The molecule has 0 unspecified atom stereocenters. The van der Waals surface area contributed by atoms with E-state index in [0.29, 0.717) is 12.4 Å². The second-order valence-electron chi connectivity index (χ2n) is 3.43. The average molecular weight is 237 g/mol. The molecule has 0 aliphatic rings. The van der Waals surface area contributed by atoms with Crippen LogP contribution in [0.3, 0.4) is 0 Å². The van der Waals surface area contributed by atoms with Crippen molar-refractivity contribution in [1.29, 1.82) is 0 Å². The van der Waals surface area contributed by atoms with Gasteiger partial charge in [-0.3, -0.25) is 0 Å². The molecule has 2 rings (SSSR count). The summed E-state index contributed by atoms with van der Waals surface area (Å²) >= 11 is 1.64. The number of nitrogens with zero attached hydrogens (tertiary/aromatic N) is 1. The fourth-order valence-corrected chi connectivity index (χ4v) is 2.04. The third kappa shape index (κ3) is 2.25. The molecule has 16 heavy (non-hydrogen) atoms. The highest BCUT2D eigenvalue weighted by Crippen LogP contribution is 2.19. The molecule has 0 spiro atoms. The molecule has 84 valence electrons. The molecule has 0 aliphatic carbocycles. The Hall–Kier alpha value is -1.75. The highest BCUT2D eigenvalue weighted by Gasteiger charge is 2.11. The number of rotatable bonds is 4. The number of carboxylic acid groups (broad SMARTS) is 1. The summed E-state index contributed by atoms with van der Waals surface area (Å²) in [7, 11) is 1.86. The summed E-state index contributed by atoms with van der Waals surface area (Å²) in [5.41, 5.74) is 1.18. The first-order valence-electron chi connectivity index (χ1n) is 4.72. The number of carboxylic acids is 1. The molecule has 0 bridgehead atoms. The number of aromatic carboxylic acids is 1. The molecule has 5 heteroatoms. The zero-order chi connectivity index (χ0) is 11.5. The first kappa shape index (κ1) is 10.8. The third-order valence-electron chi connectivity index (χ3n) is 2.18. The van der Waals surface area contributed by atoms with Crippen LogP contribution in [0.4, 0.5) is 5.88 Å². The number of hydrogen-bond acceptors (Lipinski definition) is 4. The van der Waals surface area contributed by atoms with Crippen LogP contribution < -0.4 is 4.90 Å². The lowest BCUT2D eigenvalue weighted by Crippen LogP contribution is -2.14. The van der Waals surface area contributed by atoms with Gasteiger partial charge in [-0.25, -0.2) is 4.79 Å². The van der Waals surface area contributed by atoms with Crippen molar-refractivity contribution in [3.8, 4) is 0 Å². The van der Waals surface area contributed by atoms with Crippen molar-refractivity contribution in [3.05, 3.63) is 40.3 Å². The molecule has 0 atom stereocenters. The van der Waals surface area contributed by atoms with Crippen LogP contribution in [0.1, 0.15) is 16.1 Å². The van der Waals surface area contributed by atoms with E-state index in [2.05, 4.69) is 5.38 Å². The molecule has 4 nitrogen and oxygen atoms in total. The Bertz CT molecular complexity index is 475. The Morgan fingerprint density at radius 2 is 2.31 bits per heavy atom. The molecular formula is C11H11NO3S. The minimum atomic E-state index is -1.05. The van der Waals surface area contributed by atoms with Gasteiger partial charge in [-0.2, -0.15) is 11.3 Å². The van der Waals surface area contributed by atoms with Crippen molar-refractivity contribution >= 4 is 23.2 Å². The van der Waals surface area contributed by atoms with Crippen molar-refractivity contribution in [1.82, 2.24) is 0 Å². The van der Waals surface area contributed by atoms with Crippen molar-refractivity contribution in [2.24, 2.45) is 0 Å². The van der Waals surface area contributed by atoms with Gasteiger partial charge >= 0.3 is 5.97 Å². The van der Waals surface area contributed by atoms with Gasteiger partial charge in [-0.1, -0.05) is 0 Å². The maximum Gasteiger partial charge on any atom is 0.371 e. The molecule has 0 aliphatic heterocycles. The molecule has 0 aromatic carbocycles. The van der Waals surface area contributed by atoms with Crippen LogP contribution in [0.15, 0.2) is 33.4 Å². The van der Waals surface area contributed by atoms with Crippen LogP contribution in [0, 0.1) is 0 Å². The van der Waals surface area contributed by atoms with Crippen molar-refractivity contribution < 1.29 is 14.3 Å². The lowest BCUT2D eigenvalue weighted by atomic mass is 10.3. The van der Waals surface area contributed by atoms with Crippen LogP contribution in [0.25, 0.3) is 0 Å². The zero-order valence-corrected chi connectivity index (χ0v) is 9.53. The molecular weight excluding hydrogens is 226 g/mol. The van der Waals surface area contributed by atoms with Gasteiger partial charge in [-0.05, 0) is 28.5 Å². The van der Waals surface area contributed by atoms with Gasteiger partial charge in [0.2, 0.25) is 5.76 Å². The van der Waals surface area contributed by atoms with E-state index in [1.54, 1.807) is 17.4 Å². The summed E-state index contributed by atoms with van der Waals surface area (Å²) in [5, 5.41) is 12.8. The first-order chi connectivity index (χ1) is 7.66. The predicted molar refractivity (Wildman–Crippen MR) is 62.1 cm³/mol. The molecule has 0 amide bonds. The lowest BCUT2D eigenvalue weighted by molar-refractivity contribution is 0.0663. The molecule has 1 N–H and O–H groups in total. The fourth-order valence-electron chi connectivity index (χ4n) is 1.38. The number of furan rings is 1. The van der Waals surface area contributed by atoms with Crippen LogP contribution in [0.2, 0.25) is 0 Å². The maximum atomic E-state index is 10.6. The summed E-state index contributed by atoms with van der Waals surface area (Å²) < 4.78 is 5.19. The van der Waals surface area contributed by atoms with Crippen molar-refractivity contribution in [2.45, 2.75) is 6.54 Å². The maximum absolute atomic E-state index is 10.6. The second kappa shape index (κ2) is 4.40. The molecule has 2 aromatic heterocycles. The Balaban J connectivity index is 2.08. The zero-order valence-electron chi connectivity index (χ0n) is 8.71. The topological polar surface area (TPSA) is 53.7 Å². The van der Waals surface area contributed by atoms with Crippen LogP contribution in [-0.2, 0) is 6.54 Å². The van der Waals surface area contributed by atoms with Gasteiger partial charge in [0, 0.05) is 19.7 Å². The summed E-state index contributed by atoms with van der Waals surface area (Å²) in [6.07, 6.45) is 0. The summed E-state index contributed by atoms with van der Waals surface area (Å²) in [6.45, 7) is 0.704. The van der Waals surface area contributed by atoms with E-state index in [0.717, 1.165) is 0 Å². The number of anilines is 1. The molecule has 0 saturated heterocycles. The fraction of sp³-hybridized carbons (Fsp3) is 0.182. The van der Waals surface area contributed by atoms with Gasteiger partial charge in [-0.15, -0.1) is 0 Å². The van der Waals surface area contributed by atoms with E-state index >= 15 is 0 Å². The average Bonchev–Trinajstić information content (AvgIpc) is 2.86. The molecule has 0 fully saturated rings. The monoisotopic (exact) mass is 237 g/mol. The number of hydrogen-bond donors (Lipinski definition) is 1. The van der Waals surface area contributed by atoms with E-state index < -0.39 is 5.97 Å². The molecule has 2 heterocycles. The molecule has 0 saturated carbocycles. The number of carbonyl (C=O) groups is 1. The smallest absolute Gasteiger partial charge is 0.371 e. The Morgan fingerprint density at radius 3 is 2.88 bits per heavy atom. The van der Waals surface area contributed by atoms with E-state index in [4.69, 9.17) is 9.52 Å². The highest BCUT2D eigenvalue weighted by molar-refractivity contribution is 7.07. The van der Waals surface area contributed by atoms with Crippen LogP contribution in [0.5, 0.6) is 0 Å². The minimum absolute atomic E-state index is 0.0350. The Kier molecular flexibility index (Phi) is 2.96.